The number of sulfonamides is 1. The molecule has 2 saturated heterocycles. The van der Waals surface area contributed by atoms with Gasteiger partial charge in [-0.2, -0.15) is 4.31 Å². The summed E-state index contributed by atoms with van der Waals surface area (Å²) in [6, 6.07) is 15.8. The Labute approximate surface area is 216 Å². The maximum absolute atomic E-state index is 13.5. The van der Waals surface area contributed by atoms with Gasteiger partial charge in [0.1, 0.15) is 11.5 Å². The Hall–Kier alpha value is -2.81. The first-order valence-corrected chi connectivity index (χ1v) is 13.8. The summed E-state index contributed by atoms with van der Waals surface area (Å²) in [4.78, 5) is 15.4. The van der Waals surface area contributed by atoms with E-state index >= 15 is 0 Å². The van der Waals surface area contributed by atoms with Crippen LogP contribution in [-0.4, -0.2) is 63.9 Å². The second kappa shape index (κ2) is 9.57. The van der Waals surface area contributed by atoms with Crippen molar-refractivity contribution in [2.75, 3.05) is 40.4 Å². The van der Waals surface area contributed by atoms with Gasteiger partial charge in [-0.15, -0.1) is 0 Å². The number of halogens is 1. The van der Waals surface area contributed by atoms with Crippen molar-refractivity contribution in [2.45, 2.75) is 24.2 Å². The Morgan fingerprint density at radius 1 is 0.944 bits per heavy atom. The molecule has 0 bridgehead atoms. The first-order chi connectivity index (χ1) is 17.3. The maximum atomic E-state index is 13.5. The van der Waals surface area contributed by atoms with Gasteiger partial charge >= 0.3 is 0 Å². The van der Waals surface area contributed by atoms with Gasteiger partial charge < -0.3 is 14.4 Å². The summed E-state index contributed by atoms with van der Waals surface area (Å²) in [6.07, 6.45) is 2.30. The standard InChI is InChI=1S/C27H29ClN2O5S/c1-34-20-6-9-25(35-2)23(17-20)26(31)29-13-10-27(11-14-29)12-15-30(18-27)36(32,33)21-7-8-22-19(16-21)4-3-5-24(22)28/h3-9,16-17H,10-15,18H2,1-2H3. The van der Waals surface area contributed by atoms with E-state index < -0.39 is 10.0 Å². The van der Waals surface area contributed by atoms with Crippen molar-refractivity contribution in [2.24, 2.45) is 5.41 Å². The van der Waals surface area contributed by atoms with Crippen molar-refractivity contribution in [3.05, 3.63) is 65.2 Å². The minimum atomic E-state index is -3.63. The number of carbonyl (C=O) groups is 1. The van der Waals surface area contributed by atoms with Crippen LogP contribution in [0, 0.1) is 5.41 Å². The summed E-state index contributed by atoms with van der Waals surface area (Å²) in [7, 11) is -0.522. The van der Waals surface area contributed by atoms with Crippen LogP contribution in [0.3, 0.4) is 0 Å². The molecule has 0 saturated carbocycles. The number of methoxy groups -OCH3 is 2. The number of amides is 1. The van der Waals surface area contributed by atoms with Crippen molar-refractivity contribution >= 4 is 38.3 Å². The Bertz CT molecular complexity index is 1420. The van der Waals surface area contributed by atoms with Crippen molar-refractivity contribution in [3.8, 4) is 11.5 Å². The Morgan fingerprint density at radius 3 is 2.42 bits per heavy atom. The van der Waals surface area contributed by atoms with E-state index in [1.807, 2.05) is 17.0 Å². The van der Waals surface area contributed by atoms with Gasteiger partial charge in [0.25, 0.3) is 5.91 Å². The maximum Gasteiger partial charge on any atom is 0.257 e. The zero-order valence-corrected chi connectivity index (χ0v) is 21.9. The molecule has 0 N–H and O–H groups in total. The second-order valence-corrected chi connectivity index (χ2v) is 11.9. The molecule has 2 aliphatic rings. The number of likely N-dealkylation sites (tertiary alicyclic amines) is 1. The van der Waals surface area contributed by atoms with Crippen molar-refractivity contribution in [1.29, 1.82) is 0 Å². The van der Waals surface area contributed by atoms with Crippen molar-refractivity contribution in [1.82, 2.24) is 9.21 Å². The third-order valence-corrected chi connectivity index (χ3v) is 9.76. The zero-order chi connectivity index (χ0) is 25.5. The SMILES string of the molecule is COc1ccc(OC)c(C(=O)N2CCC3(CC2)CCN(S(=O)(=O)c2ccc4c(Cl)cccc4c2)C3)c1. The largest absolute Gasteiger partial charge is 0.497 e. The minimum absolute atomic E-state index is 0.0992. The molecule has 7 nitrogen and oxygen atoms in total. The van der Waals surface area contributed by atoms with Gasteiger partial charge in [0, 0.05) is 36.6 Å². The normalized spacial score (nSPS) is 18.0. The predicted molar refractivity (Wildman–Crippen MR) is 139 cm³/mol. The molecule has 190 valence electrons. The van der Waals surface area contributed by atoms with E-state index in [-0.39, 0.29) is 16.2 Å². The molecule has 3 aromatic rings. The van der Waals surface area contributed by atoms with Gasteiger partial charge in [-0.3, -0.25) is 4.79 Å². The Kier molecular flexibility index (Phi) is 6.61. The molecule has 2 fully saturated rings. The average molecular weight is 529 g/mol. The third-order valence-electron chi connectivity index (χ3n) is 7.59. The minimum Gasteiger partial charge on any atom is -0.497 e. The van der Waals surface area contributed by atoms with Crippen LogP contribution >= 0.6 is 11.6 Å². The summed E-state index contributed by atoms with van der Waals surface area (Å²) in [5.74, 6) is 1.01. The van der Waals surface area contributed by atoms with Crippen LogP contribution < -0.4 is 9.47 Å². The fourth-order valence-electron chi connectivity index (χ4n) is 5.37. The van der Waals surface area contributed by atoms with Crippen molar-refractivity contribution in [3.63, 3.8) is 0 Å². The lowest BCUT2D eigenvalue weighted by Gasteiger charge is -2.39. The lowest BCUT2D eigenvalue weighted by atomic mass is 9.78. The van der Waals surface area contributed by atoms with Crippen LogP contribution in [0.5, 0.6) is 11.5 Å². The zero-order valence-electron chi connectivity index (χ0n) is 20.4. The van der Waals surface area contributed by atoms with Crippen LogP contribution in [0.1, 0.15) is 29.6 Å². The van der Waals surface area contributed by atoms with E-state index in [9.17, 15) is 13.2 Å². The smallest absolute Gasteiger partial charge is 0.257 e. The lowest BCUT2D eigenvalue weighted by Crippen LogP contribution is -2.44. The van der Waals surface area contributed by atoms with Gasteiger partial charge in [-0.05, 0) is 66.5 Å². The van der Waals surface area contributed by atoms with Crippen molar-refractivity contribution < 1.29 is 22.7 Å². The Balaban J connectivity index is 1.29. The second-order valence-electron chi connectivity index (χ2n) is 9.57. The fourth-order valence-corrected chi connectivity index (χ4v) is 7.21. The molecule has 2 aliphatic heterocycles. The highest BCUT2D eigenvalue weighted by atomic mass is 35.5. The average Bonchev–Trinajstić information content (AvgIpc) is 3.32. The monoisotopic (exact) mass is 528 g/mol. The fraction of sp³-hybridized carbons (Fsp3) is 0.370. The van der Waals surface area contributed by atoms with Crippen LogP contribution in [0.15, 0.2) is 59.5 Å². The number of piperidine rings is 1. The number of rotatable bonds is 5. The van der Waals surface area contributed by atoms with E-state index in [1.54, 1.807) is 61.0 Å². The number of ether oxygens (including phenoxy) is 2. The first-order valence-electron chi connectivity index (χ1n) is 12.0. The number of carbonyl (C=O) groups excluding carboxylic acids is 1. The molecule has 1 spiro atoms. The molecular formula is C27H29ClN2O5S. The molecule has 0 radical (unpaired) electrons. The predicted octanol–water partition coefficient (Wildman–Crippen LogP) is 4.83. The number of nitrogens with zero attached hydrogens (tertiary/aromatic N) is 2. The van der Waals surface area contributed by atoms with E-state index in [1.165, 1.54) is 0 Å². The molecule has 0 aliphatic carbocycles. The topological polar surface area (TPSA) is 76.2 Å². The first kappa shape index (κ1) is 24.9. The quantitative estimate of drug-likeness (QED) is 0.474. The Morgan fingerprint density at radius 2 is 1.69 bits per heavy atom. The molecule has 9 heteroatoms. The molecule has 3 aromatic carbocycles. The number of benzene rings is 3. The summed E-state index contributed by atoms with van der Waals surface area (Å²) in [5, 5.41) is 2.24. The molecule has 36 heavy (non-hydrogen) atoms. The van der Waals surface area contributed by atoms with E-state index in [2.05, 4.69) is 0 Å². The summed E-state index contributed by atoms with van der Waals surface area (Å²) in [6.45, 7) is 2.09. The third kappa shape index (κ3) is 4.42. The summed E-state index contributed by atoms with van der Waals surface area (Å²) >= 11 is 6.25. The highest BCUT2D eigenvalue weighted by Crippen LogP contribution is 2.43. The molecule has 1 amide bonds. The van der Waals surface area contributed by atoms with Gasteiger partial charge in [0.15, 0.2) is 0 Å². The summed E-state index contributed by atoms with van der Waals surface area (Å²) in [5.41, 5.74) is 0.350. The number of hydrogen-bond donors (Lipinski definition) is 0. The van der Waals surface area contributed by atoms with E-state index in [0.717, 1.165) is 30.0 Å². The van der Waals surface area contributed by atoms with E-state index in [0.29, 0.717) is 48.3 Å². The van der Waals surface area contributed by atoms with Gasteiger partial charge in [-0.1, -0.05) is 29.8 Å². The molecule has 0 unspecified atom stereocenters. The highest BCUT2D eigenvalue weighted by molar-refractivity contribution is 7.89. The number of fused-ring (bicyclic) bond motifs is 1. The molecule has 2 heterocycles. The van der Waals surface area contributed by atoms with Gasteiger partial charge in [-0.25, -0.2) is 8.42 Å². The van der Waals surface area contributed by atoms with Crippen LogP contribution in [0.4, 0.5) is 0 Å². The molecule has 0 aromatic heterocycles. The highest BCUT2D eigenvalue weighted by Gasteiger charge is 2.45. The van der Waals surface area contributed by atoms with Crippen LogP contribution in [0.25, 0.3) is 10.8 Å². The van der Waals surface area contributed by atoms with Crippen LogP contribution in [-0.2, 0) is 10.0 Å². The molecular weight excluding hydrogens is 500 g/mol. The van der Waals surface area contributed by atoms with E-state index in [4.69, 9.17) is 21.1 Å². The molecule has 0 atom stereocenters. The van der Waals surface area contributed by atoms with Gasteiger partial charge in [0.2, 0.25) is 10.0 Å². The van der Waals surface area contributed by atoms with Crippen LogP contribution in [0.2, 0.25) is 5.02 Å². The molecule has 5 rings (SSSR count). The number of hydrogen-bond acceptors (Lipinski definition) is 5. The lowest BCUT2D eigenvalue weighted by molar-refractivity contribution is 0.0596. The summed E-state index contributed by atoms with van der Waals surface area (Å²) < 4.78 is 39.2. The van der Waals surface area contributed by atoms with Gasteiger partial charge in [0.05, 0.1) is 24.7 Å².